The number of carbonyl (C=O) groups is 2. The van der Waals surface area contributed by atoms with Crippen molar-refractivity contribution < 1.29 is 19.4 Å². The van der Waals surface area contributed by atoms with Crippen LogP contribution >= 0.6 is 0 Å². The first-order chi connectivity index (χ1) is 10.2. The average molecular weight is 306 g/mol. The minimum absolute atomic E-state index is 0.145. The molecule has 1 aromatic rings. The highest BCUT2D eigenvalue weighted by Gasteiger charge is 2.15. The summed E-state index contributed by atoms with van der Waals surface area (Å²) in [5.74, 6) is -1.02. The lowest BCUT2D eigenvalue weighted by atomic mass is 10.1. The van der Waals surface area contributed by atoms with Crippen molar-refractivity contribution in [3.63, 3.8) is 0 Å². The number of anilines is 1. The molecule has 0 unspecified atom stereocenters. The summed E-state index contributed by atoms with van der Waals surface area (Å²) in [7, 11) is 0. The molecule has 120 valence electrons. The van der Waals surface area contributed by atoms with Crippen LogP contribution in [0, 0.1) is 0 Å². The SMILES string of the molecule is CC(C)(C)OC(=O)NCCC=Cc1cc(N)cc(C(=O)O)c1. The molecule has 1 aromatic carbocycles. The Bertz CT molecular complexity index is 574. The van der Waals surface area contributed by atoms with Gasteiger partial charge in [0.2, 0.25) is 0 Å². The summed E-state index contributed by atoms with van der Waals surface area (Å²) in [6.45, 7) is 5.82. The maximum Gasteiger partial charge on any atom is 0.407 e. The Morgan fingerprint density at radius 3 is 2.59 bits per heavy atom. The van der Waals surface area contributed by atoms with Crippen LogP contribution in [0.2, 0.25) is 0 Å². The summed E-state index contributed by atoms with van der Waals surface area (Å²) < 4.78 is 5.10. The lowest BCUT2D eigenvalue weighted by Gasteiger charge is -2.19. The summed E-state index contributed by atoms with van der Waals surface area (Å²) in [4.78, 5) is 22.3. The molecule has 0 bridgehead atoms. The van der Waals surface area contributed by atoms with Gasteiger partial charge in [0.25, 0.3) is 0 Å². The van der Waals surface area contributed by atoms with Gasteiger partial charge in [-0.25, -0.2) is 9.59 Å². The number of carbonyl (C=O) groups excluding carboxylic acids is 1. The number of nitrogens with two attached hydrogens (primary N) is 1. The van der Waals surface area contributed by atoms with Crippen molar-refractivity contribution in [1.29, 1.82) is 0 Å². The quantitative estimate of drug-likeness (QED) is 0.573. The normalized spacial score (nSPS) is 11.4. The highest BCUT2D eigenvalue weighted by molar-refractivity contribution is 5.89. The van der Waals surface area contributed by atoms with Crippen LogP contribution in [0.4, 0.5) is 10.5 Å². The van der Waals surface area contributed by atoms with Crippen LogP contribution in [-0.2, 0) is 4.74 Å². The molecule has 0 aliphatic heterocycles. The van der Waals surface area contributed by atoms with E-state index in [1.54, 1.807) is 32.9 Å². The molecule has 4 N–H and O–H groups in total. The summed E-state index contributed by atoms with van der Waals surface area (Å²) in [5.41, 5.74) is 6.38. The number of nitrogens with one attached hydrogen (secondary N) is 1. The van der Waals surface area contributed by atoms with Crippen molar-refractivity contribution in [2.45, 2.75) is 32.8 Å². The number of alkyl carbamates (subject to hydrolysis) is 1. The molecule has 0 fully saturated rings. The lowest BCUT2D eigenvalue weighted by Crippen LogP contribution is -2.32. The number of hydrogen-bond donors (Lipinski definition) is 3. The molecule has 0 spiro atoms. The van der Waals surface area contributed by atoms with Crippen molar-refractivity contribution in [3.05, 3.63) is 35.4 Å². The predicted molar refractivity (Wildman–Crippen MR) is 85.7 cm³/mol. The summed E-state index contributed by atoms with van der Waals surface area (Å²) in [5, 5.41) is 11.6. The zero-order valence-electron chi connectivity index (χ0n) is 13.1. The van der Waals surface area contributed by atoms with Crippen LogP contribution in [0.15, 0.2) is 24.3 Å². The number of nitrogen functional groups attached to an aromatic ring is 1. The number of carboxylic acid groups (broad SMARTS) is 1. The second-order valence-corrected chi connectivity index (χ2v) is 5.81. The van der Waals surface area contributed by atoms with Gasteiger partial charge in [0.15, 0.2) is 0 Å². The van der Waals surface area contributed by atoms with Gasteiger partial charge >= 0.3 is 12.1 Å². The maximum atomic E-state index is 11.4. The van der Waals surface area contributed by atoms with Crippen molar-refractivity contribution in [3.8, 4) is 0 Å². The van der Waals surface area contributed by atoms with Crippen LogP contribution < -0.4 is 11.1 Å². The monoisotopic (exact) mass is 306 g/mol. The number of amides is 1. The number of rotatable bonds is 5. The predicted octanol–water partition coefficient (Wildman–Crippen LogP) is 2.90. The van der Waals surface area contributed by atoms with Crippen LogP contribution in [-0.4, -0.2) is 29.3 Å². The number of aromatic carboxylic acids is 1. The van der Waals surface area contributed by atoms with Crippen LogP contribution in [0.3, 0.4) is 0 Å². The molecule has 1 amide bonds. The van der Waals surface area contributed by atoms with Gasteiger partial charge in [0, 0.05) is 12.2 Å². The van der Waals surface area contributed by atoms with Crippen LogP contribution in [0.25, 0.3) is 6.08 Å². The van der Waals surface area contributed by atoms with Crippen molar-refractivity contribution in [1.82, 2.24) is 5.32 Å². The average Bonchev–Trinajstić information content (AvgIpc) is 2.35. The van der Waals surface area contributed by atoms with Gasteiger partial charge in [-0.05, 0) is 51.0 Å². The van der Waals surface area contributed by atoms with E-state index in [4.69, 9.17) is 15.6 Å². The standard InChI is InChI=1S/C16H22N2O4/c1-16(2,3)22-15(21)18-7-5-4-6-11-8-12(14(19)20)10-13(17)9-11/h4,6,8-10H,5,7,17H2,1-3H3,(H,18,21)(H,19,20). The first-order valence-electron chi connectivity index (χ1n) is 6.94. The molecular formula is C16H22N2O4. The number of carboxylic acids is 1. The van der Waals surface area contributed by atoms with Crippen molar-refractivity contribution >= 4 is 23.8 Å². The van der Waals surface area contributed by atoms with Gasteiger partial charge in [-0.15, -0.1) is 0 Å². The van der Waals surface area contributed by atoms with Crippen molar-refractivity contribution in [2.24, 2.45) is 0 Å². The molecule has 1 rings (SSSR count). The highest BCUT2D eigenvalue weighted by Crippen LogP contribution is 2.14. The van der Waals surface area contributed by atoms with E-state index in [1.165, 1.54) is 12.1 Å². The lowest BCUT2D eigenvalue weighted by molar-refractivity contribution is 0.0528. The molecular weight excluding hydrogens is 284 g/mol. The third-order valence-corrected chi connectivity index (χ3v) is 2.51. The second-order valence-electron chi connectivity index (χ2n) is 5.81. The Balaban J connectivity index is 2.47. The zero-order valence-corrected chi connectivity index (χ0v) is 13.1. The number of ether oxygens (including phenoxy) is 1. The van der Waals surface area contributed by atoms with E-state index in [9.17, 15) is 9.59 Å². The Morgan fingerprint density at radius 1 is 1.32 bits per heavy atom. The minimum Gasteiger partial charge on any atom is -0.478 e. The molecule has 6 nitrogen and oxygen atoms in total. The number of benzene rings is 1. The van der Waals surface area contributed by atoms with E-state index in [1.807, 2.05) is 6.08 Å². The van der Waals surface area contributed by atoms with Gasteiger partial charge in [0.1, 0.15) is 5.60 Å². The van der Waals surface area contributed by atoms with Crippen molar-refractivity contribution in [2.75, 3.05) is 12.3 Å². The van der Waals surface area contributed by atoms with E-state index in [0.29, 0.717) is 24.2 Å². The molecule has 22 heavy (non-hydrogen) atoms. The third-order valence-electron chi connectivity index (χ3n) is 2.51. The van der Waals surface area contributed by atoms with Gasteiger partial charge in [-0.2, -0.15) is 0 Å². The summed E-state index contributed by atoms with van der Waals surface area (Å²) in [6.07, 6.45) is 3.73. The molecule has 0 aliphatic rings. The smallest absolute Gasteiger partial charge is 0.407 e. The number of hydrogen-bond acceptors (Lipinski definition) is 4. The zero-order chi connectivity index (χ0) is 16.8. The van der Waals surface area contributed by atoms with Crippen LogP contribution in [0.1, 0.15) is 43.1 Å². The van der Waals surface area contributed by atoms with E-state index in [0.717, 1.165) is 0 Å². The van der Waals surface area contributed by atoms with Gasteiger partial charge < -0.3 is 20.9 Å². The van der Waals surface area contributed by atoms with E-state index < -0.39 is 17.7 Å². The molecule has 0 atom stereocenters. The summed E-state index contributed by atoms with van der Waals surface area (Å²) in [6, 6.07) is 4.63. The van der Waals surface area contributed by atoms with E-state index >= 15 is 0 Å². The van der Waals surface area contributed by atoms with E-state index in [-0.39, 0.29) is 5.56 Å². The Hall–Kier alpha value is -2.50. The van der Waals surface area contributed by atoms with Crippen LogP contribution in [0.5, 0.6) is 0 Å². The minimum atomic E-state index is -1.02. The van der Waals surface area contributed by atoms with Gasteiger partial charge in [-0.3, -0.25) is 0 Å². The maximum absolute atomic E-state index is 11.4. The van der Waals surface area contributed by atoms with Gasteiger partial charge in [-0.1, -0.05) is 12.2 Å². The highest BCUT2D eigenvalue weighted by atomic mass is 16.6. The fourth-order valence-corrected chi connectivity index (χ4v) is 1.69. The fraction of sp³-hybridized carbons (Fsp3) is 0.375. The fourth-order valence-electron chi connectivity index (χ4n) is 1.69. The summed E-state index contributed by atoms with van der Waals surface area (Å²) >= 11 is 0. The first-order valence-corrected chi connectivity index (χ1v) is 6.94. The first kappa shape index (κ1) is 17.6. The molecule has 0 saturated carbocycles. The van der Waals surface area contributed by atoms with E-state index in [2.05, 4.69) is 5.32 Å². The molecule has 0 radical (unpaired) electrons. The molecule has 6 heteroatoms. The molecule has 0 aliphatic carbocycles. The third kappa shape index (κ3) is 6.78. The Labute approximate surface area is 130 Å². The molecule has 0 saturated heterocycles. The largest absolute Gasteiger partial charge is 0.478 e. The topological polar surface area (TPSA) is 102 Å². The Kier molecular flexibility index (Phi) is 5.98. The molecule has 0 heterocycles. The second kappa shape index (κ2) is 7.49. The Morgan fingerprint density at radius 2 is 2.00 bits per heavy atom. The van der Waals surface area contributed by atoms with Gasteiger partial charge in [0.05, 0.1) is 5.56 Å². The molecule has 0 aromatic heterocycles.